The summed E-state index contributed by atoms with van der Waals surface area (Å²) in [7, 11) is 0. The highest BCUT2D eigenvalue weighted by molar-refractivity contribution is 14.1. The molecule has 28 heavy (non-hydrogen) atoms. The predicted molar refractivity (Wildman–Crippen MR) is 111 cm³/mol. The van der Waals surface area contributed by atoms with E-state index in [-0.39, 0.29) is 17.0 Å². The average Bonchev–Trinajstić information content (AvgIpc) is 3.23. The summed E-state index contributed by atoms with van der Waals surface area (Å²) in [6.07, 6.45) is 1.38. The SMILES string of the molecule is O=C(COC(=O)c1ccccc1NC(=O)c1ccco1)Nc1ccc(I)cc1. The number of carbonyl (C=O) groups is 3. The molecule has 1 heterocycles. The fraction of sp³-hybridized carbons (Fsp3) is 0.0500. The van der Waals surface area contributed by atoms with Gasteiger partial charge in [0, 0.05) is 9.26 Å². The second-order valence-electron chi connectivity index (χ2n) is 5.61. The molecule has 0 radical (unpaired) electrons. The van der Waals surface area contributed by atoms with Crippen LogP contribution in [0.3, 0.4) is 0 Å². The number of benzene rings is 2. The number of halogens is 1. The van der Waals surface area contributed by atoms with Gasteiger partial charge in [0.15, 0.2) is 12.4 Å². The molecule has 8 heteroatoms. The number of ether oxygens (including phenoxy) is 1. The summed E-state index contributed by atoms with van der Waals surface area (Å²) in [5.74, 6) is -1.58. The third-order valence-corrected chi connectivity index (χ3v) is 4.32. The molecule has 142 valence electrons. The maximum atomic E-state index is 12.4. The van der Waals surface area contributed by atoms with Crippen LogP contribution in [0.15, 0.2) is 71.3 Å². The first-order valence-electron chi connectivity index (χ1n) is 8.19. The van der Waals surface area contributed by atoms with Crippen LogP contribution in [0.5, 0.6) is 0 Å². The van der Waals surface area contributed by atoms with Gasteiger partial charge in [0.25, 0.3) is 11.8 Å². The van der Waals surface area contributed by atoms with Gasteiger partial charge in [-0.15, -0.1) is 0 Å². The first kappa shape index (κ1) is 19.6. The van der Waals surface area contributed by atoms with Crippen LogP contribution in [-0.2, 0) is 9.53 Å². The van der Waals surface area contributed by atoms with Crippen LogP contribution in [0.2, 0.25) is 0 Å². The van der Waals surface area contributed by atoms with Crippen LogP contribution in [0.4, 0.5) is 11.4 Å². The summed E-state index contributed by atoms with van der Waals surface area (Å²) < 4.78 is 11.1. The van der Waals surface area contributed by atoms with Gasteiger partial charge < -0.3 is 19.8 Å². The Bertz CT molecular complexity index is 984. The molecule has 0 saturated carbocycles. The molecule has 3 aromatic rings. The van der Waals surface area contributed by atoms with Gasteiger partial charge in [-0.2, -0.15) is 0 Å². The van der Waals surface area contributed by atoms with Crippen LogP contribution in [0.25, 0.3) is 0 Å². The van der Waals surface area contributed by atoms with E-state index in [2.05, 4.69) is 33.2 Å². The van der Waals surface area contributed by atoms with Gasteiger partial charge >= 0.3 is 5.97 Å². The molecule has 0 unspecified atom stereocenters. The molecule has 0 saturated heterocycles. The van der Waals surface area contributed by atoms with E-state index in [1.54, 1.807) is 36.4 Å². The van der Waals surface area contributed by atoms with Crippen molar-refractivity contribution in [3.05, 3.63) is 81.8 Å². The Morgan fingerprint density at radius 2 is 1.68 bits per heavy atom. The first-order valence-corrected chi connectivity index (χ1v) is 9.27. The largest absolute Gasteiger partial charge is 0.459 e. The second-order valence-corrected chi connectivity index (χ2v) is 6.85. The first-order chi connectivity index (χ1) is 13.5. The van der Waals surface area contributed by atoms with Crippen molar-refractivity contribution in [1.82, 2.24) is 0 Å². The highest BCUT2D eigenvalue weighted by Gasteiger charge is 2.17. The molecule has 0 bridgehead atoms. The van der Waals surface area contributed by atoms with Crippen molar-refractivity contribution in [1.29, 1.82) is 0 Å². The summed E-state index contributed by atoms with van der Waals surface area (Å²) >= 11 is 2.16. The van der Waals surface area contributed by atoms with Crippen molar-refractivity contribution in [3.8, 4) is 0 Å². The van der Waals surface area contributed by atoms with E-state index < -0.39 is 24.4 Å². The Morgan fingerprint density at radius 3 is 2.39 bits per heavy atom. The molecule has 0 spiro atoms. The minimum atomic E-state index is -0.729. The van der Waals surface area contributed by atoms with Crippen molar-refractivity contribution >= 4 is 51.7 Å². The molecular formula is C20H15IN2O5. The van der Waals surface area contributed by atoms with Crippen molar-refractivity contribution in [2.75, 3.05) is 17.2 Å². The Labute approximate surface area is 174 Å². The van der Waals surface area contributed by atoms with Gasteiger partial charge in [-0.1, -0.05) is 12.1 Å². The Hall–Kier alpha value is -3.14. The summed E-state index contributed by atoms with van der Waals surface area (Å²) in [6.45, 7) is -0.453. The van der Waals surface area contributed by atoms with Gasteiger partial charge in [0.1, 0.15) is 0 Å². The standard InChI is InChI=1S/C20H15IN2O5/c21-13-7-9-14(10-8-13)22-18(24)12-28-20(26)15-4-1-2-5-16(15)23-19(25)17-6-3-11-27-17/h1-11H,12H2,(H,22,24)(H,23,25). The van der Waals surface area contributed by atoms with Crippen LogP contribution in [0, 0.1) is 3.57 Å². The minimum absolute atomic E-state index is 0.111. The molecule has 7 nitrogen and oxygen atoms in total. The maximum Gasteiger partial charge on any atom is 0.340 e. The van der Waals surface area contributed by atoms with E-state index in [1.807, 2.05) is 12.1 Å². The molecule has 0 atom stereocenters. The Kier molecular flexibility index (Phi) is 6.43. The van der Waals surface area contributed by atoms with Crippen molar-refractivity contribution < 1.29 is 23.5 Å². The fourth-order valence-electron chi connectivity index (χ4n) is 2.30. The zero-order chi connectivity index (χ0) is 19.9. The van der Waals surface area contributed by atoms with Gasteiger partial charge in [0.05, 0.1) is 17.5 Å². The zero-order valence-corrected chi connectivity index (χ0v) is 16.6. The Balaban J connectivity index is 1.60. The molecule has 0 fully saturated rings. The summed E-state index contributed by atoms with van der Waals surface area (Å²) in [4.78, 5) is 36.5. The molecule has 3 rings (SSSR count). The average molecular weight is 490 g/mol. The number of rotatable bonds is 6. The number of amides is 2. The summed E-state index contributed by atoms with van der Waals surface area (Å²) in [5.41, 5.74) is 0.990. The molecule has 2 aromatic carbocycles. The number of furan rings is 1. The fourth-order valence-corrected chi connectivity index (χ4v) is 2.66. The second kappa shape index (κ2) is 9.18. The summed E-state index contributed by atoms with van der Waals surface area (Å²) in [6, 6.07) is 16.6. The van der Waals surface area contributed by atoms with E-state index in [0.717, 1.165) is 3.57 Å². The van der Waals surface area contributed by atoms with Gasteiger partial charge in [0.2, 0.25) is 0 Å². The summed E-state index contributed by atoms with van der Waals surface area (Å²) in [5, 5.41) is 5.23. The molecule has 0 aliphatic carbocycles. The number of hydrogen-bond donors (Lipinski definition) is 2. The van der Waals surface area contributed by atoms with Gasteiger partial charge in [-0.25, -0.2) is 4.79 Å². The van der Waals surface area contributed by atoms with E-state index in [1.165, 1.54) is 18.4 Å². The molecule has 0 aliphatic rings. The Morgan fingerprint density at radius 1 is 0.929 bits per heavy atom. The highest BCUT2D eigenvalue weighted by atomic mass is 127. The lowest BCUT2D eigenvalue weighted by Gasteiger charge is -2.10. The predicted octanol–water partition coefficient (Wildman–Crippen LogP) is 3.93. The topological polar surface area (TPSA) is 97.6 Å². The van der Waals surface area contributed by atoms with Crippen molar-refractivity contribution in [2.24, 2.45) is 0 Å². The quantitative estimate of drug-likeness (QED) is 0.403. The van der Waals surface area contributed by atoms with Crippen LogP contribution >= 0.6 is 22.6 Å². The number of esters is 1. The van der Waals surface area contributed by atoms with E-state index >= 15 is 0 Å². The highest BCUT2D eigenvalue weighted by Crippen LogP contribution is 2.18. The lowest BCUT2D eigenvalue weighted by molar-refractivity contribution is -0.119. The van der Waals surface area contributed by atoms with Gasteiger partial charge in [-0.05, 0) is 71.1 Å². The van der Waals surface area contributed by atoms with Crippen LogP contribution in [0.1, 0.15) is 20.9 Å². The molecular weight excluding hydrogens is 475 g/mol. The van der Waals surface area contributed by atoms with Crippen LogP contribution < -0.4 is 10.6 Å². The van der Waals surface area contributed by atoms with Gasteiger partial charge in [-0.3, -0.25) is 9.59 Å². The number of para-hydroxylation sites is 1. The van der Waals surface area contributed by atoms with Crippen molar-refractivity contribution in [3.63, 3.8) is 0 Å². The number of hydrogen-bond acceptors (Lipinski definition) is 5. The molecule has 1 aromatic heterocycles. The van der Waals surface area contributed by atoms with E-state index in [4.69, 9.17) is 9.15 Å². The normalized spacial score (nSPS) is 10.2. The molecule has 2 N–H and O–H groups in total. The minimum Gasteiger partial charge on any atom is -0.459 e. The monoisotopic (exact) mass is 490 g/mol. The maximum absolute atomic E-state index is 12.4. The molecule has 2 amide bonds. The number of anilines is 2. The smallest absolute Gasteiger partial charge is 0.340 e. The van der Waals surface area contributed by atoms with Crippen molar-refractivity contribution in [2.45, 2.75) is 0 Å². The third kappa shape index (κ3) is 5.19. The number of carbonyl (C=O) groups excluding carboxylic acids is 3. The number of nitrogens with one attached hydrogen (secondary N) is 2. The lowest BCUT2D eigenvalue weighted by atomic mass is 10.1. The van der Waals surface area contributed by atoms with E-state index in [9.17, 15) is 14.4 Å². The zero-order valence-electron chi connectivity index (χ0n) is 14.5. The third-order valence-electron chi connectivity index (χ3n) is 3.60. The molecule has 0 aliphatic heterocycles. The van der Waals surface area contributed by atoms with Crippen LogP contribution in [-0.4, -0.2) is 24.4 Å². The lowest BCUT2D eigenvalue weighted by Crippen LogP contribution is -2.22. The van der Waals surface area contributed by atoms with E-state index in [0.29, 0.717) is 5.69 Å².